The lowest BCUT2D eigenvalue weighted by molar-refractivity contribution is 0.0941. The number of nitriles is 1. The van der Waals surface area contributed by atoms with Crippen molar-refractivity contribution < 1.29 is 4.79 Å². The van der Waals surface area contributed by atoms with Crippen molar-refractivity contribution in [3.63, 3.8) is 0 Å². The van der Waals surface area contributed by atoms with Gasteiger partial charge in [0.1, 0.15) is 6.04 Å². The third-order valence-corrected chi connectivity index (χ3v) is 3.59. The molecule has 17 heavy (non-hydrogen) atoms. The maximum atomic E-state index is 11.9. The number of carbonyl (C=O) groups excluding carboxylic acids is 1. The molecule has 0 saturated heterocycles. The van der Waals surface area contributed by atoms with Gasteiger partial charge in [-0.05, 0) is 52.9 Å². The molecule has 1 N–H and O–H groups in total. The number of benzene rings is 1. The summed E-state index contributed by atoms with van der Waals surface area (Å²) in [7, 11) is 0. The molecule has 0 bridgehead atoms. The second-order valence-corrected chi connectivity index (χ2v) is 5.33. The van der Waals surface area contributed by atoms with Crippen LogP contribution in [0.2, 0.25) is 5.02 Å². The van der Waals surface area contributed by atoms with Crippen molar-refractivity contribution in [2.24, 2.45) is 5.92 Å². The van der Waals surface area contributed by atoms with Crippen LogP contribution in [0.3, 0.4) is 0 Å². The minimum atomic E-state index is -0.384. The largest absolute Gasteiger partial charge is 0.336 e. The summed E-state index contributed by atoms with van der Waals surface area (Å²) < 4.78 is 0.634. The molecule has 1 aromatic carbocycles. The van der Waals surface area contributed by atoms with Crippen LogP contribution in [0.15, 0.2) is 22.7 Å². The predicted molar refractivity (Wildman–Crippen MR) is 68.7 cm³/mol. The maximum absolute atomic E-state index is 11.9. The number of nitrogens with one attached hydrogen (secondary N) is 1. The Bertz CT molecular complexity index is 494. The van der Waals surface area contributed by atoms with Crippen LogP contribution in [-0.4, -0.2) is 11.9 Å². The molecule has 2 rings (SSSR count). The molecule has 3 nitrogen and oxygen atoms in total. The van der Waals surface area contributed by atoms with E-state index in [2.05, 4.69) is 27.3 Å². The molecule has 1 fully saturated rings. The number of halogens is 2. The van der Waals surface area contributed by atoms with E-state index in [1.807, 2.05) is 0 Å². The van der Waals surface area contributed by atoms with E-state index in [9.17, 15) is 4.79 Å². The molecule has 5 heteroatoms. The lowest BCUT2D eigenvalue weighted by atomic mass is 10.1. The zero-order valence-corrected chi connectivity index (χ0v) is 11.3. The van der Waals surface area contributed by atoms with Crippen molar-refractivity contribution in [3.05, 3.63) is 33.3 Å². The summed E-state index contributed by atoms with van der Waals surface area (Å²) in [6, 6.07) is 6.69. The maximum Gasteiger partial charge on any atom is 0.253 e. The average Bonchev–Trinajstić information content (AvgIpc) is 3.09. The van der Waals surface area contributed by atoms with Crippen molar-refractivity contribution in [1.29, 1.82) is 5.26 Å². The third-order valence-electron chi connectivity index (χ3n) is 2.69. The molecular weight excluding hydrogens is 304 g/mol. The van der Waals surface area contributed by atoms with E-state index in [4.69, 9.17) is 16.9 Å². The SMILES string of the molecule is N#CC(NC(=O)c1ccc(Cl)cc1Br)C1CC1. The van der Waals surface area contributed by atoms with Crippen molar-refractivity contribution in [2.75, 3.05) is 0 Å². The molecule has 0 radical (unpaired) electrons. The third kappa shape index (κ3) is 2.99. The number of hydrogen-bond acceptors (Lipinski definition) is 2. The van der Waals surface area contributed by atoms with E-state index < -0.39 is 0 Å². The summed E-state index contributed by atoms with van der Waals surface area (Å²) in [4.78, 5) is 11.9. The molecule has 0 heterocycles. The molecule has 1 amide bonds. The normalized spacial score (nSPS) is 16.1. The van der Waals surface area contributed by atoms with Gasteiger partial charge in [-0.25, -0.2) is 0 Å². The Labute approximate surface area is 113 Å². The van der Waals surface area contributed by atoms with Crippen LogP contribution in [0, 0.1) is 17.2 Å². The van der Waals surface area contributed by atoms with Crippen LogP contribution in [-0.2, 0) is 0 Å². The Balaban J connectivity index is 2.11. The zero-order valence-electron chi connectivity index (χ0n) is 8.91. The molecular formula is C12H10BrClN2O. The van der Waals surface area contributed by atoms with E-state index >= 15 is 0 Å². The summed E-state index contributed by atoms with van der Waals surface area (Å²) in [5, 5.41) is 12.2. The summed E-state index contributed by atoms with van der Waals surface area (Å²) in [5.74, 6) is 0.0713. The van der Waals surface area contributed by atoms with Gasteiger partial charge >= 0.3 is 0 Å². The van der Waals surface area contributed by atoms with Gasteiger partial charge in [0.25, 0.3) is 5.91 Å². The van der Waals surface area contributed by atoms with Crippen molar-refractivity contribution in [3.8, 4) is 6.07 Å². The van der Waals surface area contributed by atoms with Crippen LogP contribution < -0.4 is 5.32 Å². The Hall–Kier alpha value is -1.05. The predicted octanol–water partition coefficient (Wildman–Crippen LogP) is 3.13. The quantitative estimate of drug-likeness (QED) is 0.932. The van der Waals surface area contributed by atoms with E-state index in [0.29, 0.717) is 21.0 Å². The Morgan fingerprint density at radius 1 is 1.59 bits per heavy atom. The summed E-state index contributed by atoms with van der Waals surface area (Å²) in [6.07, 6.45) is 2.03. The molecule has 1 aromatic rings. The smallest absolute Gasteiger partial charge is 0.253 e. The Kier molecular flexibility index (Phi) is 3.70. The number of nitrogens with zero attached hydrogens (tertiary/aromatic N) is 1. The monoisotopic (exact) mass is 312 g/mol. The van der Waals surface area contributed by atoms with E-state index in [1.165, 1.54) is 0 Å². The minimum absolute atomic E-state index is 0.244. The number of hydrogen-bond donors (Lipinski definition) is 1. The van der Waals surface area contributed by atoms with Crippen molar-refractivity contribution >= 4 is 33.4 Å². The van der Waals surface area contributed by atoms with E-state index in [0.717, 1.165) is 12.8 Å². The van der Waals surface area contributed by atoms with Gasteiger partial charge in [0.05, 0.1) is 11.6 Å². The van der Waals surface area contributed by atoms with E-state index in [1.54, 1.807) is 18.2 Å². The van der Waals surface area contributed by atoms with Gasteiger partial charge in [0, 0.05) is 9.50 Å². The van der Waals surface area contributed by atoms with Gasteiger partial charge < -0.3 is 5.32 Å². The van der Waals surface area contributed by atoms with Crippen LogP contribution in [0.5, 0.6) is 0 Å². The topological polar surface area (TPSA) is 52.9 Å². The lowest BCUT2D eigenvalue weighted by Gasteiger charge is -2.11. The summed E-state index contributed by atoms with van der Waals surface area (Å²) in [5.41, 5.74) is 0.496. The molecule has 0 aromatic heterocycles. The first-order valence-electron chi connectivity index (χ1n) is 5.27. The van der Waals surface area contributed by atoms with Crippen molar-refractivity contribution in [2.45, 2.75) is 18.9 Å². The number of amides is 1. The number of carbonyl (C=O) groups is 1. The highest BCUT2D eigenvalue weighted by Crippen LogP contribution is 2.32. The molecule has 1 aliphatic rings. The second-order valence-electron chi connectivity index (χ2n) is 4.04. The zero-order chi connectivity index (χ0) is 12.4. The fourth-order valence-electron chi connectivity index (χ4n) is 1.58. The van der Waals surface area contributed by atoms with Crippen molar-refractivity contribution in [1.82, 2.24) is 5.32 Å². The second kappa shape index (κ2) is 5.07. The highest BCUT2D eigenvalue weighted by molar-refractivity contribution is 9.10. The van der Waals surface area contributed by atoms with Gasteiger partial charge in [0.2, 0.25) is 0 Å². The molecule has 1 atom stereocenters. The summed E-state index contributed by atoms with van der Waals surface area (Å²) in [6.45, 7) is 0. The number of rotatable bonds is 3. The first-order valence-corrected chi connectivity index (χ1v) is 6.44. The van der Waals surface area contributed by atoms with Gasteiger partial charge in [-0.3, -0.25) is 4.79 Å². The Morgan fingerprint density at radius 3 is 2.82 bits per heavy atom. The van der Waals surface area contributed by atoms with Crippen LogP contribution in [0.25, 0.3) is 0 Å². The molecule has 1 saturated carbocycles. The lowest BCUT2D eigenvalue weighted by Crippen LogP contribution is -2.35. The first kappa shape index (κ1) is 12.4. The summed E-state index contributed by atoms with van der Waals surface area (Å²) >= 11 is 9.09. The molecule has 1 aliphatic carbocycles. The minimum Gasteiger partial charge on any atom is -0.336 e. The molecule has 0 aliphatic heterocycles. The fraction of sp³-hybridized carbons (Fsp3) is 0.333. The highest BCUT2D eigenvalue weighted by Gasteiger charge is 2.32. The molecule has 0 spiro atoms. The van der Waals surface area contributed by atoms with Crippen LogP contribution in [0.1, 0.15) is 23.2 Å². The van der Waals surface area contributed by atoms with Gasteiger partial charge in [0.15, 0.2) is 0 Å². The Morgan fingerprint density at radius 2 is 2.29 bits per heavy atom. The standard InChI is InChI=1S/C12H10BrClN2O/c13-10-5-8(14)3-4-9(10)12(17)16-11(6-15)7-1-2-7/h3-5,7,11H,1-2H2,(H,16,17). The van der Waals surface area contributed by atoms with Crippen LogP contribution in [0.4, 0.5) is 0 Å². The molecule has 1 unspecified atom stereocenters. The van der Waals surface area contributed by atoms with Crippen LogP contribution >= 0.6 is 27.5 Å². The van der Waals surface area contributed by atoms with E-state index in [-0.39, 0.29) is 11.9 Å². The first-order chi connectivity index (χ1) is 8.11. The van der Waals surface area contributed by atoms with Gasteiger partial charge in [-0.1, -0.05) is 11.6 Å². The highest BCUT2D eigenvalue weighted by atomic mass is 79.9. The van der Waals surface area contributed by atoms with Gasteiger partial charge in [-0.2, -0.15) is 5.26 Å². The van der Waals surface area contributed by atoms with Gasteiger partial charge in [-0.15, -0.1) is 0 Å². The fourth-order valence-corrected chi connectivity index (χ4v) is 2.44. The molecule has 88 valence electrons. The average molecular weight is 314 g/mol.